The number of nitrogens with one attached hydrogen (secondary N) is 1. The van der Waals surface area contributed by atoms with E-state index in [4.69, 9.17) is 0 Å². The van der Waals surface area contributed by atoms with Gasteiger partial charge in [0.15, 0.2) is 0 Å². The van der Waals surface area contributed by atoms with E-state index in [1.807, 2.05) is 11.8 Å². The minimum Gasteiger partial charge on any atom is -0.317 e. The monoisotopic (exact) mass is 295 g/mol. The van der Waals surface area contributed by atoms with Crippen molar-refractivity contribution in [3.63, 3.8) is 0 Å². The fraction of sp³-hybridized carbons (Fsp3) is 0.750. The Morgan fingerprint density at radius 1 is 1.00 bits per heavy atom. The Morgan fingerprint density at radius 3 is 2.30 bits per heavy atom. The first-order valence-corrected chi connectivity index (χ1v) is 8.95. The summed E-state index contributed by atoms with van der Waals surface area (Å²) in [5, 5.41) is 3.45. The van der Waals surface area contributed by atoms with Crippen molar-refractivity contribution in [1.82, 2.24) is 15.3 Å². The Bertz CT molecular complexity index is 370. The van der Waals surface area contributed by atoms with Gasteiger partial charge in [0.1, 0.15) is 5.82 Å². The summed E-state index contributed by atoms with van der Waals surface area (Å²) in [5.74, 6) is 3.12. The van der Waals surface area contributed by atoms with Gasteiger partial charge in [0.05, 0.1) is 5.75 Å². The summed E-state index contributed by atoms with van der Waals surface area (Å²) in [5.41, 5.74) is 3.67. The molecule has 20 heavy (non-hydrogen) atoms. The molecular weight excluding hydrogens is 266 g/mol. The molecule has 0 aliphatic carbocycles. The van der Waals surface area contributed by atoms with E-state index < -0.39 is 0 Å². The molecule has 0 aliphatic rings. The number of thioether (sulfide) groups is 1. The molecule has 0 spiro atoms. The van der Waals surface area contributed by atoms with Crippen LogP contribution in [0, 0.1) is 13.8 Å². The molecule has 3 nitrogen and oxygen atoms in total. The SMILES string of the molecule is CCCNCCCc1c(C)nc(CSCCC)nc1C. The van der Waals surface area contributed by atoms with Crippen LogP contribution >= 0.6 is 11.8 Å². The van der Waals surface area contributed by atoms with Crippen LogP contribution in [0.25, 0.3) is 0 Å². The summed E-state index contributed by atoms with van der Waals surface area (Å²) >= 11 is 1.92. The largest absolute Gasteiger partial charge is 0.317 e. The van der Waals surface area contributed by atoms with Crippen LogP contribution in [0.2, 0.25) is 0 Å². The third kappa shape index (κ3) is 6.23. The highest BCUT2D eigenvalue weighted by Crippen LogP contribution is 2.16. The van der Waals surface area contributed by atoms with Crippen LogP contribution in [0.3, 0.4) is 0 Å². The van der Waals surface area contributed by atoms with Crippen LogP contribution < -0.4 is 5.32 Å². The van der Waals surface area contributed by atoms with Gasteiger partial charge in [0.2, 0.25) is 0 Å². The van der Waals surface area contributed by atoms with E-state index in [0.29, 0.717) is 0 Å². The second kappa shape index (κ2) is 10.2. The molecule has 114 valence electrons. The fourth-order valence-corrected chi connectivity index (χ4v) is 2.98. The quantitative estimate of drug-likeness (QED) is 0.668. The van der Waals surface area contributed by atoms with Crippen molar-refractivity contribution in [1.29, 1.82) is 0 Å². The molecular formula is C16H29N3S. The van der Waals surface area contributed by atoms with Gasteiger partial charge in [-0.3, -0.25) is 0 Å². The van der Waals surface area contributed by atoms with Gasteiger partial charge in [0, 0.05) is 11.4 Å². The van der Waals surface area contributed by atoms with Gasteiger partial charge in [-0.05, 0) is 63.9 Å². The van der Waals surface area contributed by atoms with Gasteiger partial charge in [-0.2, -0.15) is 11.8 Å². The minimum atomic E-state index is 0.938. The second-order valence-electron chi connectivity index (χ2n) is 5.20. The van der Waals surface area contributed by atoms with E-state index in [1.165, 1.54) is 35.5 Å². The normalized spacial score (nSPS) is 11.0. The Labute approximate surface area is 128 Å². The average Bonchev–Trinajstić information content (AvgIpc) is 2.41. The van der Waals surface area contributed by atoms with E-state index in [1.54, 1.807) is 0 Å². The van der Waals surface area contributed by atoms with Crippen LogP contribution in [-0.4, -0.2) is 28.8 Å². The van der Waals surface area contributed by atoms with Gasteiger partial charge < -0.3 is 5.32 Å². The molecule has 1 aromatic heterocycles. The molecule has 0 atom stereocenters. The van der Waals surface area contributed by atoms with Gasteiger partial charge in [-0.15, -0.1) is 0 Å². The van der Waals surface area contributed by atoms with Crippen molar-refractivity contribution in [2.24, 2.45) is 0 Å². The number of hydrogen-bond donors (Lipinski definition) is 1. The highest BCUT2D eigenvalue weighted by atomic mass is 32.2. The van der Waals surface area contributed by atoms with E-state index >= 15 is 0 Å². The van der Waals surface area contributed by atoms with Gasteiger partial charge >= 0.3 is 0 Å². The zero-order chi connectivity index (χ0) is 14.8. The van der Waals surface area contributed by atoms with E-state index in [9.17, 15) is 0 Å². The molecule has 0 bridgehead atoms. The van der Waals surface area contributed by atoms with Crippen LogP contribution in [0.5, 0.6) is 0 Å². The smallest absolute Gasteiger partial charge is 0.138 e. The van der Waals surface area contributed by atoms with Crippen molar-refractivity contribution in [2.45, 2.75) is 59.1 Å². The first-order valence-electron chi connectivity index (χ1n) is 7.80. The highest BCUT2D eigenvalue weighted by Gasteiger charge is 2.08. The topological polar surface area (TPSA) is 37.8 Å². The van der Waals surface area contributed by atoms with E-state index in [-0.39, 0.29) is 0 Å². The van der Waals surface area contributed by atoms with Crippen molar-refractivity contribution >= 4 is 11.8 Å². The lowest BCUT2D eigenvalue weighted by Crippen LogP contribution is -2.17. The molecule has 0 aromatic carbocycles. The Balaban J connectivity index is 2.51. The summed E-state index contributed by atoms with van der Waals surface area (Å²) in [6, 6.07) is 0. The molecule has 1 N–H and O–H groups in total. The maximum absolute atomic E-state index is 4.67. The van der Waals surface area contributed by atoms with Crippen LogP contribution in [0.15, 0.2) is 0 Å². The lowest BCUT2D eigenvalue weighted by molar-refractivity contribution is 0.636. The zero-order valence-electron chi connectivity index (χ0n) is 13.5. The summed E-state index contributed by atoms with van der Waals surface area (Å²) in [6.07, 6.45) is 4.66. The number of nitrogens with zero attached hydrogens (tertiary/aromatic N) is 2. The molecule has 0 fully saturated rings. The third-order valence-corrected chi connectivity index (χ3v) is 4.41. The van der Waals surface area contributed by atoms with Gasteiger partial charge in [-0.25, -0.2) is 9.97 Å². The van der Waals surface area contributed by atoms with Crippen LogP contribution in [-0.2, 0) is 12.2 Å². The fourth-order valence-electron chi connectivity index (χ4n) is 2.24. The highest BCUT2D eigenvalue weighted by molar-refractivity contribution is 7.98. The molecule has 0 saturated carbocycles. The molecule has 1 heterocycles. The van der Waals surface area contributed by atoms with E-state index in [0.717, 1.165) is 37.5 Å². The van der Waals surface area contributed by atoms with Crippen molar-refractivity contribution in [2.75, 3.05) is 18.8 Å². The first-order chi connectivity index (χ1) is 9.69. The second-order valence-corrected chi connectivity index (χ2v) is 6.30. The maximum Gasteiger partial charge on any atom is 0.138 e. The minimum absolute atomic E-state index is 0.938. The predicted molar refractivity (Wildman–Crippen MR) is 89.4 cm³/mol. The van der Waals surface area contributed by atoms with Crippen molar-refractivity contribution in [3.05, 3.63) is 22.8 Å². The van der Waals surface area contributed by atoms with Crippen LogP contribution in [0.1, 0.15) is 55.9 Å². The molecule has 4 heteroatoms. The summed E-state index contributed by atoms with van der Waals surface area (Å²) in [4.78, 5) is 9.34. The number of hydrogen-bond acceptors (Lipinski definition) is 4. The van der Waals surface area contributed by atoms with Gasteiger partial charge in [0.25, 0.3) is 0 Å². The summed E-state index contributed by atoms with van der Waals surface area (Å²) in [7, 11) is 0. The van der Waals surface area contributed by atoms with E-state index in [2.05, 4.69) is 43.0 Å². The van der Waals surface area contributed by atoms with Crippen molar-refractivity contribution in [3.8, 4) is 0 Å². The molecule has 1 aromatic rings. The average molecular weight is 295 g/mol. The molecule has 0 radical (unpaired) electrons. The third-order valence-electron chi connectivity index (χ3n) is 3.25. The Kier molecular flexibility index (Phi) is 8.86. The maximum atomic E-state index is 4.67. The standard InChI is InChI=1S/C16H29N3S/c1-5-9-17-10-7-8-15-13(3)18-16(19-14(15)4)12-20-11-6-2/h17H,5-12H2,1-4H3. The number of rotatable bonds is 10. The molecule has 0 amide bonds. The first kappa shape index (κ1) is 17.4. The molecule has 0 aliphatic heterocycles. The Hall–Kier alpha value is -0.610. The molecule has 1 rings (SSSR count). The number of aryl methyl sites for hydroxylation is 2. The van der Waals surface area contributed by atoms with Crippen LogP contribution in [0.4, 0.5) is 0 Å². The van der Waals surface area contributed by atoms with Gasteiger partial charge in [-0.1, -0.05) is 13.8 Å². The summed E-state index contributed by atoms with van der Waals surface area (Å²) in [6.45, 7) is 10.8. The molecule has 0 unspecified atom stereocenters. The number of aromatic nitrogens is 2. The summed E-state index contributed by atoms with van der Waals surface area (Å²) < 4.78 is 0. The zero-order valence-corrected chi connectivity index (χ0v) is 14.3. The lowest BCUT2D eigenvalue weighted by atomic mass is 10.1. The lowest BCUT2D eigenvalue weighted by Gasteiger charge is -2.11. The van der Waals surface area contributed by atoms with Crippen molar-refractivity contribution < 1.29 is 0 Å². The molecule has 0 saturated heterocycles. The predicted octanol–water partition coefficient (Wildman–Crippen LogP) is 3.67. The Morgan fingerprint density at radius 2 is 1.70 bits per heavy atom.